The Balaban J connectivity index is 2.03. The second kappa shape index (κ2) is 5.83. The standard InChI is InChI=1S/C14H12N2O4/c15-14(17)11-4-6-13(7-5-11)20-9-10-2-1-3-12(8-10)16(18)19/h1-8H,9H2,(H2,15,17). The fraction of sp³-hybridized carbons (Fsp3) is 0.0714. The molecule has 102 valence electrons. The molecular formula is C14H12N2O4. The van der Waals surface area contributed by atoms with Gasteiger partial charge in [0.15, 0.2) is 0 Å². The van der Waals surface area contributed by atoms with Crippen molar-refractivity contribution in [3.63, 3.8) is 0 Å². The Hall–Kier alpha value is -2.89. The van der Waals surface area contributed by atoms with E-state index in [1.807, 2.05) is 0 Å². The minimum Gasteiger partial charge on any atom is -0.489 e. The van der Waals surface area contributed by atoms with Gasteiger partial charge < -0.3 is 10.5 Å². The van der Waals surface area contributed by atoms with E-state index in [1.165, 1.54) is 12.1 Å². The van der Waals surface area contributed by atoms with E-state index >= 15 is 0 Å². The molecule has 2 N–H and O–H groups in total. The second-order valence-electron chi connectivity index (χ2n) is 4.10. The van der Waals surface area contributed by atoms with Crippen molar-refractivity contribution >= 4 is 11.6 Å². The SMILES string of the molecule is NC(=O)c1ccc(OCc2cccc([N+](=O)[O-])c2)cc1. The fourth-order valence-corrected chi connectivity index (χ4v) is 1.64. The van der Waals surface area contributed by atoms with Crippen LogP contribution in [0.3, 0.4) is 0 Å². The average Bonchev–Trinajstić information content (AvgIpc) is 2.46. The van der Waals surface area contributed by atoms with E-state index in [-0.39, 0.29) is 12.3 Å². The van der Waals surface area contributed by atoms with Crippen LogP contribution in [0.25, 0.3) is 0 Å². The quantitative estimate of drug-likeness (QED) is 0.667. The summed E-state index contributed by atoms with van der Waals surface area (Å²) < 4.78 is 5.49. The maximum Gasteiger partial charge on any atom is 0.269 e. The molecule has 0 aliphatic carbocycles. The van der Waals surface area contributed by atoms with Crippen LogP contribution in [0.4, 0.5) is 5.69 Å². The van der Waals surface area contributed by atoms with Gasteiger partial charge in [-0.15, -0.1) is 0 Å². The summed E-state index contributed by atoms with van der Waals surface area (Å²) >= 11 is 0. The van der Waals surface area contributed by atoms with Gasteiger partial charge in [-0.3, -0.25) is 14.9 Å². The van der Waals surface area contributed by atoms with Crippen molar-refractivity contribution < 1.29 is 14.5 Å². The Labute approximate surface area is 114 Å². The number of nitrogens with two attached hydrogens (primary N) is 1. The number of nitro benzene ring substituents is 1. The predicted octanol–water partition coefficient (Wildman–Crippen LogP) is 2.27. The smallest absolute Gasteiger partial charge is 0.269 e. The summed E-state index contributed by atoms with van der Waals surface area (Å²) in [5.41, 5.74) is 6.24. The molecule has 20 heavy (non-hydrogen) atoms. The number of primary amides is 1. The number of ether oxygens (including phenoxy) is 1. The molecule has 0 radical (unpaired) electrons. The highest BCUT2D eigenvalue weighted by atomic mass is 16.6. The highest BCUT2D eigenvalue weighted by Crippen LogP contribution is 2.17. The van der Waals surface area contributed by atoms with Crippen molar-refractivity contribution in [2.75, 3.05) is 0 Å². The third-order valence-corrected chi connectivity index (χ3v) is 2.67. The summed E-state index contributed by atoms with van der Waals surface area (Å²) in [6, 6.07) is 12.6. The molecule has 0 atom stereocenters. The number of hydrogen-bond acceptors (Lipinski definition) is 4. The Morgan fingerprint density at radius 1 is 1.20 bits per heavy atom. The number of benzene rings is 2. The van der Waals surface area contributed by atoms with E-state index in [4.69, 9.17) is 10.5 Å². The van der Waals surface area contributed by atoms with Crippen LogP contribution >= 0.6 is 0 Å². The van der Waals surface area contributed by atoms with Gasteiger partial charge in [-0.05, 0) is 29.8 Å². The highest BCUT2D eigenvalue weighted by molar-refractivity contribution is 5.92. The molecule has 6 nitrogen and oxygen atoms in total. The van der Waals surface area contributed by atoms with E-state index in [2.05, 4.69) is 0 Å². The zero-order valence-corrected chi connectivity index (χ0v) is 10.5. The van der Waals surface area contributed by atoms with Crippen molar-refractivity contribution in [1.29, 1.82) is 0 Å². The number of non-ortho nitro benzene ring substituents is 1. The second-order valence-corrected chi connectivity index (χ2v) is 4.10. The van der Waals surface area contributed by atoms with Gasteiger partial charge in [-0.1, -0.05) is 12.1 Å². The van der Waals surface area contributed by atoms with Crippen LogP contribution < -0.4 is 10.5 Å². The Bertz CT molecular complexity index is 638. The molecule has 0 fully saturated rings. The molecule has 0 unspecified atom stereocenters. The van der Waals surface area contributed by atoms with E-state index < -0.39 is 10.8 Å². The van der Waals surface area contributed by atoms with Crippen LogP contribution in [0, 0.1) is 10.1 Å². The largest absolute Gasteiger partial charge is 0.489 e. The number of carbonyl (C=O) groups is 1. The molecular weight excluding hydrogens is 260 g/mol. The number of nitro groups is 1. The molecule has 1 amide bonds. The number of hydrogen-bond donors (Lipinski definition) is 1. The monoisotopic (exact) mass is 272 g/mol. The Kier molecular flexibility index (Phi) is 3.95. The van der Waals surface area contributed by atoms with Gasteiger partial charge in [-0.25, -0.2) is 0 Å². The number of carbonyl (C=O) groups excluding carboxylic acids is 1. The molecule has 0 saturated heterocycles. The molecule has 0 spiro atoms. The van der Waals surface area contributed by atoms with Gasteiger partial charge in [0.2, 0.25) is 5.91 Å². The van der Waals surface area contributed by atoms with Gasteiger partial charge in [-0.2, -0.15) is 0 Å². The normalized spacial score (nSPS) is 10.0. The van der Waals surface area contributed by atoms with E-state index in [0.29, 0.717) is 16.9 Å². The summed E-state index contributed by atoms with van der Waals surface area (Å²) in [5.74, 6) is 0.0525. The van der Waals surface area contributed by atoms with Crippen molar-refractivity contribution in [3.05, 3.63) is 69.8 Å². The zero-order chi connectivity index (χ0) is 14.5. The van der Waals surface area contributed by atoms with E-state index in [1.54, 1.807) is 36.4 Å². The first kappa shape index (κ1) is 13.5. The van der Waals surface area contributed by atoms with Crippen molar-refractivity contribution in [2.24, 2.45) is 5.73 Å². The fourth-order valence-electron chi connectivity index (χ4n) is 1.64. The van der Waals surface area contributed by atoms with Gasteiger partial charge in [0.05, 0.1) is 4.92 Å². The van der Waals surface area contributed by atoms with Crippen LogP contribution in [-0.2, 0) is 6.61 Å². The van der Waals surface area contributed by atoms with Crippen molar-refractivity contribution in [3.8, 4) is 5.75 Å². The summed E-state index contributed by atoms with van der Waals surface area (Å²) in [5, 5.41) is 10.6. The van der Waals surface area contributed by atoms with Crippen LogP contribution in [0.5, 0.6) is 5.75 Å². The van der Waals surface area contributed by atoms with Crippen LogP contribution in [-0.4, -0.2) is 10.8 Å². The maximum atomic E-state index is 10.9. The lowest BCUT2D eigenvalue weighted by Gasteiger charge is -2.06. The number of nitrogens with zero attached hydrogens (tertiary/aromatic N) is 1. The predicted molar refractivity (Wildman–Crippen MR) is 72.4 cm³/mol. The van der Waals surface area contributed by atoms with Gasteiger partial charge in [0.25, 0.3) is 5.69 Å². The third kappa shape index (κ3) is 3.32. The molecule has 0 aromatic heterocycles. The summed E-state index contributed by atoms with van der Waals surface area (Å²) in [6.45, 7) is 0.206. The van der Waals surface area contributed by atoms with Crippen LogP contribution in [0.2, 0.25) is 0 Å². The van der Waals surface area contributed by atoms with Crippen LogP contribution in [0.15, 0.2) is 48.5 Å². The molecule has 0 bridgehead atoms. The molecule has 0 aliphatic heterocycles. The molecule has 2 aromatic carbocycles. The first-order chi connectivity index (χ1) is 9.56. The van der Waals surface area contributed by atoms with E-state index in [0.717, 1.165) is 0 Å². The summed E-state index contributed by atoms with van der Waals surface area (Å²) in [4.78, 5) is 21.1. The summed E-state index contributed by atoms with van der Waals surface area (Å²) in [6.07, 6.45) is 0. The van der Waals surface area contributed by atoms with Crippen molar-refractivity contribution in [2.45, 2.75) is 6.61 Å². The topological polar surface area (TPSA) is 95.5 Å². The third-order valence-electron chi connectivity index (χ3n) is 2.67. The number of rotatable bonds is 5. The van der Waals surface area contributed by atoms with Gasteiger partial charge in [0.1, 0.15) is 12.4 Å². The molecule has 0 aliphatic rings. The number of amides is 1. The Morgan fingerprint density at radius 3 is 2.50 bits per heavy atom. The van der Waals surface area contributed by atoms with Gasteiger partial charge in [0, 0.05) is 17.7 Å². The molecule has 0 saturated carbocycles. The minimum absolute atomic E-state index is 0.0233. The lowest BCUT2D eigenvalue weighted by molar-refractivity contribution is -0.384. The first-order valence-corrected chi connectivity index (χ1v) is 5.82. The average molecular weight is 272 g/mol. The summed E-state index contributed by atoms with van der Waals surface area (Å²) in [7, 11) is 0. The van der Waals surface area contributed by atoms with Gasteiger partial charge >= 0.3 is 0 Å². The molecule has 0 heterocycles. The molecule has 6 heteroatoms. The zero-order valence-electron chi connectivity index (χ0n) is 10.5. The Morgan fingerprint density at radius 2 is 1.90 bits per heavy atom. The highest BCUT2D eigenvalue weighted by Gasteiger charge is 2.06. The van der Waals surface area contributed by atoms with Crippen molar-refractivity contribution in [1.82, 2.24) is 0 Å². The molecule has 2 rings (SSSR count). The first-order valence-electron chi connectivity index (χ1n) is 5.82. The maximum absolute atomic E-state index is 10.9. The minimum atomic E-state index is -0.504. The lowest BCUT2D eigenvalue weighted by Crippen LogP contribution is -2.10. The lowest BCUT2D eigenvalue weighted by atomic mass is 10.2. The van der Waals surface area contributed by atoms with E-state index in [9.17, 15) is 14.9 Å². The molecule has 2 aromatic rings. The van der Waals surface area contributed by atoms with Crippen LogP contribution in [0.1, 0.15) is 15.9 Å².